The Kier molecular flexibility index (Phi) is 4.32. The highest BCUT2D eigenvalue weighted by Gasteiger charge is 2.23. The second kappa shape index (κ2) is 5.78. The van der Waals surface area contributed by atoms with Crippen LogP contribution in [0, 0.1) is 5.92 Å². The minimum absolute atomic E-state index is 0.0172. The van der Waals surface area contributed by atoms with Crippen molar-refractivity contribution in [2.75, 3.05) is 19.8 Å². The molecule has 1 aromatic carbocycles. The van der Waals surface area contributed by atoms with Crippen LogP contribution in [0.2, 0.25) is 5.02 Å². The van der Waals surface area contributed by atoms with Crippen molar-refractivity contribution in [1.82, 2.24) is 0 Å². The minimum Gasteiger partial charge on any atom is -0.486 e. The molecule has 1 aliphatic rings. The summed E-state index contributed by atoms with van der Waals surface area (Å²) in [7, 11) is 0. The van der Waals surface area contributed by atoms with Crippen molar-refractivity contribution in [3.8, 4) is 11.5 Å². The molecule has 1 aliphatic heterocycles. The Labute approximate surface area is 112 Å². The molecule has 18 heavy (non-hydrogen) atoms. The van der Waals surface area contributed by atoms with Crippen LogP contribution in [-0.4, -0.2) is 24.9 Å². The molecule has 0 saturated carbocycles. The summed E-state index contributed by atoms with van der Waals surface area (Å²) in [5.41, 5.74) is 6.37. The van der Waals surface area contributed by atoms with Crippen LogP contribution in [0.3, 0.4) is 0 Å². The quantitative estimate of drug-likeness (QED) is 0.881. The molecule has 0 saturated heterocycles. The Morgan fingerprint density at radius 2 is 2.11 bits per heavy atom. The van der Waals surface area contributed by atoms with Crippen molar-refractivity contribution in [3.05, 3.63) is 22.7 Å². The maximum atomic E-state index is 10.3. The van der Waals surface area contributed by atoms with Gasteiger partial charge in [-0.15, -0.1) is 0 Å². The van der Waals surface area contributed by atoms with Crippen LogP contribution in [0.1, 0.15) is 25.0 Å². The lowest BCUT2D eigenvalue weighted by molar-refractivity contribution is 0.109. The van der Waals surface area contributed by atoms with Crippen molar-refractivity contribution in [1.29, 1.82) is 0 Å². The Morgan fingerprint density at radius 3 is 2.78 bits per heavy atom. The Balaban J connectivity index is 2.31. The van der Waals surface area contributed by atoms with Crippen molar-refractivity contribution in [2.24, 2.45) is 11.7 Å². The summed E-state index contributed by atoms with van der Waals surface area (Å²) in [5.74, 6) is 1.16. The van der Waals surface area contributed by atoms with Gasteiger partial charge in [0, 0.05) is 5.92 Å². The molecule has 5 heteroatoms. The summed E-state index contributed by atoms with van der Waals surface area (Å²) in [5, 5.41) is 10.7. The van der Waals surface area contributed by atoms with Gasteiger partial charge in [-0.25, -0.2) is 0 Å². The van der Waals surface area contributed by atoms with Gasteiger partial charge < -0.3 is 20.3 Å². The van der Waals surface area contributed by atoms with Crippen molar-refractivity contribution in [3.63, 3.8) is 0 Å². The molecule has 0 bridgehead atoms. The molecule has 0 amide bonds. The molecule has 2 rings (SSSR count). The third-order valence-electron chi connectivity index (χ3n) is 3.23. The van der Waals surface area contributed by atoms with E-state index in [4.69, 9.17) is 26.8 Å². The third kappa shape index (κ3) is 2.55. The van der Waals surface area contributed by atoms with Gasteiger partial charge in [0.15, 0.2) is 11.5 Å². The highest BCUT2D eigenvalue weighted by atomic mass is 35.5. The lowest BCUT2D eigenvalue weighted by Gasteiger charge is -2.24. The second-order valence-electron chi connectivity index (χ2n) is 4.38. The average Bonchev–Trinajstić information content (AvgIpc) is 2.40. The van der Waals surface area contributed by atoms with E-state index in [0.29, 0.717) is 36.3 Å². The first kappa shape index (κ1) is 13.5. The molecular weight excluding hydrogens is 254 g/mol. The topological polar surface area (TPSA) is 64.7 Å². The normalized spacial score (nSPS) is 17.3. The molecule has 100 valence electrons. The second-order valence-corrected chi connectivity index (χ2v) is 4.78. The zero-order valence-corrected chi connectivity index (χ0v) is 11.1. The summed E-state index contributed by atoms with van der Waals surface area (Å²) in [6, 6.07) is 3.50. The zero-order chi connectivity index (χ0) is 13.1. The van der Waals surface area contributed by atoms with E-state index in [0.717, 1.165) is 12.0 Å². The molecule has 0 radical (unpaired) electrons. The van der Waals surface area contributed by atoms with Gasteiger partial charge in [-0.1, -0.05) is 18.5 Å². The summed E-state index contributed by atoms with van der Waals surface area (Å²) in [4.78, 5) is 0. The fourth-order valence-corrected chi connectivity index (χ4v) is 2.37. The lowest BCUT2D eigenvalue weighted by Crippen LogP contribution is -2.22. The number of hydrogen-bond acceptors (Lipinski definition) is 4. The zero-order valence-electron chi connectivity index (χ0n) is 10.4. The summed E-state index contributed by atoms with van der Waals surface area (Å²) < 4.78 is 10.9. The van der Waals surface area contributed by atoms with Crippen LogP contribution in [0.4, 0.5) is 0 Å². The lowest BCUT2D eigenvalue weighted by atomic mass is 9.93. The molecule has 0 fully saturated rings. The maximum absolute atomic E-state index is 10.3. The van der Waals surface area contributed by atoms with E-state index in [1.165, 1.54) is 0 Å². The fourth-order valence-electron chi connectivity index (χ4n) is 2.09. The minimum atomic E-state index is -0.631. The molecule has 3 N–H and O–H groups in total. The Morgan fingerprint density at radius 1 is 1.39 bits per heavy atom. The predicted octanol–water partition coefficient (Wildman–Crippen LogP) is 2.13. The highest BCUT2D eigenvalue weighted by Crippen LogP contribution is 2.40. The number of rotatable bonds is 4. The van der Waals surface area contributed by atoms with Gasteiger partial charge in [0.25, 0.3) is 0 Å². The van der Waals surface area contributed by atoms with Crippen molar-refractivity contribution < 1.29 is 14.6 Å². The first-order valence-corrected chi connectivity index (χ1v) is 6.52. The predicted molar refractivity (Wildman–Crippen MR) is 70.2 cm³/mol. The number of aliphatic hydroxyl groups excluding tert-OH is 1. The van der Waals surface area contributed by atoms with Crippen LogP contribution in [0.25, 0.3) is 0 Å². The number of halogens is 1. The van der Waals surface area contributed by atoms with Crippen LogP contribution >= 0.6 is 11.6 Å². The van der Waals surface area contributed by atoms with Gasteiger partial charge in [-0.2, -0.15) is 0 Å². The number of fused-ring (bicyclic) bond motifs is 1. The molecule has 1 aromatic rings. The summed E-state index contributed by atoms with van der Waals surface area (Å²) in [6.45, 7) is 3.43. The number of nitrogens with two attached hydrogens (primary N) is 1. The molecule has 0 aliphatic carbocycles. The van der Waals surface area contributed by atoms with Gasteiger partial charge in [0.2, 0.25) is 0 Å². The average molecular weight is 272 g/mol. The monoisotopic (exact) mass is 271 g/mol. The largest absolute Gasteiger partial charge is 0.486 e. The number of aliphatic hydroxyl groups is 1. The third-order valence-corrected chi connectivity index (χ3v) is 3.52. The molecule has 1 heterocycles. The van der Waals surface area contributed by atoms with E-state index in [9.17, 15) is 5.11 Å². The summed E-state index contributed by atoms with van der Waals surface area (Å²) in [6.07, 6.45) is 0.178. The van der Waals surface area contributed by atoms with E-state index in [-0.39, 0.29) is 5.92 Å². The SMILES string of the molecule is CCC(CN)C(O)c1cc(Cl)c2c(c1)OCCO2. The first-order valence-electron chi connectivity index (χ1n) is 6.14. The van der Waals surface area contributed by atoms with Crippen LogP contribution in [0.15, 0.2) is 12.1 Å². The van der Waals surface area contributed by atoms with Crippen molar-refractivity contribution >= 4 is 11.6 Å². The number of ether oxygens (including phenoxy) is 2. The maximum Gasteiger partial charge on any atom is 0.179 e. The van der Waals surface area contributed by atoms with Crippen LogP contribution in [-0.2, 0) is 0 Å². The van der Waals surface area contributed by atoms with Crippen LogP contribution in [0.5, 0.6) is 11.5 Å². The van der Waals surface area contributed by atoms with E-state index in [1.54, 1.807) is 12.1 Å². The molecule has 2 unspecified atom stereocenters. The summed E-state index contributed by atoms with van der Waals surface area (Å²) >= 11 is 6.14. The van der Waals surface area contributed by atoms with Crippen molar-refractivity contribution in [2.45, 2.75) is 19.4 Å². The van der Waals surface area contributed by atoms with Gasteiger partial charge in [-0.3, -0.25) is 0 Å². The fraction of sp³-hybridized carbons (Fsp3) is 0.538. The standard InChI is InChI=1S/C13H18ClNO3/c1-2-8(7-15)12(16)9-5-10(14)13-11(6-9)17-3-4-18-13/h5-6,8,12,16H,2-4,7,15H2,1H3. The smallest absolute Gasteiger partial charge is 0.179 e. The van der Waals surface area contributed by atoms with Crippen LogP contribution < -0.4 is 15.2 Å². The van der Waals surface area contributed by atoms with Gasteiger partial charge >= 0.3 is 0 Å². The first-order chi connectivity index (χ1) is 8.67. The number of benzene rings is 1. The molecule has 2 atom stereocenters. The molecule has 4 nitrogen and oxygen atoms in total. The molecular formula is C13H18ClNO3. The molecule has 0 aromatic heterocycles. The van der Waals surface area contributed by atoms with E-state index in [2.05, 4.69) is 0 Å². The molecule has 0 spiro atoms. The van der Waals surface area contributed by atoms with E-state index < -0.39 is 6.10 Å². The van der Waals surface area contributed by atoms with E-state index in [1.807, 2.05) is 6.92 Å². The van der Waals surface area contributed by atoms with Gasteiger partial charge in [-0.05, 0) is 30.7 Å². The Hall–Kier alpha value is -0.970. The number of hydrogen-bond donors (Lipinski definition) is 2. The Bertz CT molecular complexity index is 421. The van der Waals surface area contributed by atoms with E-state index >= 15 is 0 Å². The van der Waals surface area contributed by atoms with Gasteiger partial charge in [0.05, 0.1) is 11.1 Å². The highest BCUT2D eigenvalue weighted by molar-refractivity contribution is 6.32. The van der Waals surface area contributed by atoms with Gasteiger partial charge in [0.1, 0.15) is 13.2 Å².